The van der Waals surface area contributed by atoms with Crippen molar-refractivity contribution in [2.45, 2.75) is 32.3 Å². The third-order valence-corrected chi connectivity index (χ3v) is 3.86. The maximum Gasteiger partial charge on any atom is 0.307 e. The normalized spacial score (nSPS) is 19.4. The molecule has 1 aliphatic heterocycles. The zero-order valence-corrected chi connectivity index (χ0v) is 12.9. The summed E-state index contributed by atoms with van der Waals surface area (Å²) in [7, 11) is 0. The number of hydrogen-bond donors (Lipinski definition) is 1. The van der Waals surface area contributed by atoms with Crippen LogP contribution in [0.1, 0.15) is 26.2 Å². The average Bonchev–Trinajstić information content (AvgIpc) is 3.17. The van der Waals surface area contributed by atoms with E-state index >= 15 is 0 Å². The van der Waals surface area contributed by atoms with Crippen LogP contribution in [0.25, 0.3) is 0 Å². The predicted octanol–water partition coefficient (Wildman–Crippen LogP) is 2.64. The number of rotatable bonds is 5. The second kappa shape index (κ2) is 6.73. The molecule has 122 valence electrons. The van der Waals surface area contributed by atoms with Gasteiger partial charge < -0.3 is 19.5 Å². The Labute approximate surface area is 134 Å². The van der Waals surface area contributed by atoms with Gasteiger partial charge in [0.2, 0.25) is 6.79 Å². The molecule has 6 heteroatoms. The van der Waals surface area contributed by atoms with Crippen LogP contribution in [-0.2, 0) is 14.3 Å². The molecule has 0 unspecified atom stereocenters. The van der Waals surface area contributed by atoms with Crippen molar-refractivity contribution in [1.82, 2.24) is 0 Å². The number of nitrogens with one attached hydrogen (secondary N) is 1. The number of carbonyl (C=O) groups is 2. The second-order valence-corrected chi connectivity index (χ2v) is 5.66. The summed E-state index contributed by atoms with van der Waals surface area (Å²) in [6.07, 6.45) is 5.52. The maximum absolute atomic E-state index is 12.1. The number of hydrogen-bond acceptors (Lipinski definition) is 5. The van der Waals surface area contributed by atoms with Crippen LogP contribution in [0.3, 0.4) is 0 Å². The molecule has 1 N–H and O–H groups in total. The van der Waals surface area contributed by atoms with E-state index in [4.69, 9.17) is 14.2 Å². The zero-order chi connectivity index (χ0) is 16.2. The number of allylic oxidation sites excluding steroid dienone is 2. The van der Waals surface area contributed by atoms with Crippen LogP contribution < -0.4 is 14.8 Å². The van der Waals surface area contributed by atoms with E-state index in [2.05, 4.69) is 11.4 Å². The van der Waals surface area contributed by atoms with Gasteiger partial charge in [-0.25, -0.2) is 0 Å². The first kappa shape index (κ1) is 15.4. The number of amides is 1. The lowest BCUT2D eigenvalue weighted by Gasteiger charge is -2.15. The predicted molar refractivity (Wildman–Crippen MR) is 83.2 cm³/mol. The number of esters is 1. The summed E-state index contributed by atoms with van der Waals surface area (Å²) < 4.78 is 15.7. The third-order valence-electron chi connectivity index (χ3n) is 3.86. The first-order valence-electron chi connectivity index (χ1n) is 7.68. The van der Waals surface area contributed by atoms with Crippen molar-refractivity contribution in [3.05, 3.63) is 30.4 Å². The van der Waals surface area contributed by atoms with Gasteiger partial charge in [-0.15, -0.1) is 0 Å². The molecular weight excluding hydrogens is 298 g/mol. The molecule has 0 saturated heterocycles. The van der Waals surface area contributed by atoms with E-state index in [1.54, 1.807) is 25.1 Å². The topological polar surface area (TPSA) is 73.9 Å². The molecule has 1 heterocycles. The molecule has 0 fully saturated rings. The molecule has 1 aromatic rings. The van der Waals surface area contributed by atoms with Gasteiger partial charge in [-0.2, -0.15) is 0 Å². The molecule has 6 nitrogen and oxygen atoms in total. The Bertz CT molecular complexity index is 640. The summed E-state index contributed by atoms with van der Waals surface area (Å²) >= 11 is 0. The van der Waals surface area contributed by atoms with Gasteiger partial charge >= 0.3 is 5.97 Å². The molecule has 3 rings (SSSR count). The van der Waals surface area contributed by atoms with Crippen molar-refractivity contribution in [3.63, 3.8) is 0 Å². The van der Waals surface area contributed by atoms with Crippen LogP contribution in [0.15, 0.2) is 30.4 Å². The molecule has 1 aliphatic carbocycles. The van der Waals surface area contributed by atoms with Crippen molar-refractivity contribution in [1.29, 1.82) is 0 Å². The first-order chi connectivity index (χ1) is 11.1. The molecule has 2 aliphatic rings. The number of benzene rings is 1. The highest BCUT2D eigenvalue weighted by Gasteiger charge is 2.22. The minimum absolute atomic E-state index is 0.177. The lowest BCUT2D eigenvalue weighted by atomic mass is 10.1. The fourth-order valence-corrected chi connectivity index (χ4v) is 2.60. The second-order valence-electron chi connectivity index (χ2n) is 5.66. The molecule has 23 heavy (non-hydrogen) atoms. The molecule has 1 amide bonds. The average molecular weight is 317 g/mol. The highest BCUT2D eigenvalue weighted by molar-refractivity contribution is 5.95. The van der Waals surface area contributed by atoms with Gasteiger partial charge in [-0.05, 0) is 37.8 Å². The van der Waals surface area contributed by atoms with Gasteiger partial charge in [0.05, 0.1) is 6.42 Å². The molecule has 1 aromatic carbocycles. The van der Waals surface area contributed by atoms with Crippen molar-refractivity contribution >= 4 is 17.6 Å². The zero-order valence-electron chi connectivity index (χ0n) is 12.9. The number of anilines is 1. The quantitative estimate of drug-likeness (QED) is 0.667. The van der Waals surface area contributed by atoms with Crippen molar-refractivity contribution in [3.8, 4) is 11.5 Å². The van der Waals surface area contributed by atoms with E-state index in [9.17, 15) is 9.59 Å². The Morgan fingerprint density at radius 2 is 2.17 bits per heavy atom. The van der Waals surface area contributed by atoms with Gasteiger partial charge in [-0.1, -0.05) is 12.2 Å². The number of ether oxygens (including phenoxy) is 3. The Morgan fingerprint density at radius 3 is 2.96 bits per heavy atom. The summed E-state index contributed by atoms with van der Waals surface area (Å²) in [5, 5.41) is 2.70. The van der Waals surface area contributed by atoms with Crippen LogP contribution in [0.5, 0.6) is 11.5 Å². The summed E-state index contributed by atoms with van der Waals surface area (Å²) in [4.78, 5) is 24.0. The monoisotopic (exact) mass is 317 g/mol. The lowest BCUT2D eigenvalue weighted by Crippen LogP contribution is -2.30. The van der Waals surface area contributed by atoms with E-state index in [1.807, 2.05) is 6.08 Å². The van der Waals surface area contributed by atoms with E-state index < -0.39 is 6.10 Å². The van der Waals surface area contributed by atoms with Crippen molar-refractivity contribution in [2.24, 2.45) is 5.92 Å². The van der Waals surface area contributed by atoms with Gasteiger partial charge in [0.1, 0.15) is 0 Å². The fourth-order valence-electron chi connectivity index (χ4n) is 2.60. The molecular formula is C17H19NO5. The summed E-state index contributed by atoms with van der Waals surface area (Å²) in [5.74, 6) is 0.730. The van der Waals surface area contributed by atoms with Gasteiger partial charge in [-0.3, -0.25) is 9.59 Å². The van der Waals surface area contributed by atoms with Gasteiger partial charge in [0.15, 0.2) is 17.6 Å². The van der Waals surface area contributed by atoms with E-state index in [0.29, 0.717) is 23.6 Å². The first-order valence-corrected chi connectivity index (χ1v) is 7.68. The Kier molecular flexibility index (Phi) is 4.50. The van der Waals surface area contributed by atoms with Crippen LogP contribution in [0.2, 0.25) is 0 Å². The van der Waals surface area contributed by atoms with Crippen LogP contribution in [0, 0.1) is 5.92 Å². The van der Waals surface area contributed by atoms with E-state index in [-0.39, 0.29) is 24.6 Å². The largest absolute Gasteiger partial charge is 0.454 e. The Hall–Kier alpha value is -2.50. The minimum Gasteiger partial charge on any atom is -0.454 e. The number of fused-ring (bicyclic) bond motifs is 1. The van der Waals surface area contributed by atoms with Gasteiger partial charge in [0.25, 0.3) is 5.91 Å². The fraction of sp³-hybridized carbons (Fsp3) is 0.412. The number of carbonyl (C=O) groups excluding carboxylic acids is 2. The van der Waals surface area contributed by atoms with Crippen molar-refractivity contribution < 1.29 is 23.8 Å². The van der Waals surface area contributed by atoms with Crippen LogP contribution in [0.4, 0.5) is 5.69 Å². The molecule has 0 bridgehead atoms. The standard InChI is InChI=1S/C17H19NO5/c1-11(23-16(19)8-12-4-2-3-5-12)17(20)18-13-6-7-14-15(9-13)22-10-21-14/h2,4,6-7,9,11-12H,3,5,8,10H2,1H3,(H,18,20)/t11-,12+/m0/s1. The maximum atomic E-state index is 12.1. The molecule has 2 atom stereocenters. The summed E-state index contributed by atoms with van der Waals surface area (Å²) in [6.45, 7) is 1.74. The highest BCUT2D eigenvalue weighted by atomic mass is 16.7. The third kappa shape index (κ3) is 3.83. The minimum atomic E-state index is -0.849. The molecule has 0 spiro atoms. The molecule has 0 aromatic heterocycles. The SMILES string of the molecule is C[C@H](OC(=O)C[C@@H]1C=CCC1)C(=O)Nc1ccc2c(c1)OCO2. The highest BCUT2D eigenvalue weighted by Crippen LogP contribution is 2.34. The smallest absolute Gasteiger partial charge is 0.307 e. The Morgan fingerprint density at radius 1 is 1.35 bits per heavy atom. The van der Waals surface area contributed by atoms with Crippen LogP contribution in [-0.4, -0.2) is 24.8 Å². The molecule has 0 radical (unpaired) electrons. The van der Waals surface area contributed by atoms with Crippen LogP contribution >= 0.6 is 0 Å². The summed E-state index contributed by atoms with van der Waals surface area (Å²) in [5.41, 5.74) is 0.570. The Balaban J connectivity index is 1.51. The summed E-state index contributed by atoms with van der Waals surface area (Å²) in [6, 6.07) is 5.11. The molecule has 0 saturated carbocycles. The van der Waals surface area contributed by atoms with Gasteiger partial charge in [0, 0.05) is 11.8 Å². The van der Waals surface area contributed by atoms with Crippen molar-refractivity contribution in [2.75, 3.05) is 12.1 Å². The van der Waals surface area contributed by atoms with E-state index in [0.717, 1.165) is 12.8 Å². The van der Waals surface area contributed by atoms with E-state index in [1.165, 1.54) is 0 Å². The lowest BCUT2D eigenvalue weighted by molar-refractivity contribution is -0.153.